The smallest absolute Gasteiger partial charge is 0.319 e. The number of hydrogen-bond acceptors (Lipinski definition) is 4. The van der Waals surface area contributed by atoms with Gasteiger partial charge in [0, 0.05) is 43.5 Å². The van der Waals surface area contributed by atoms with Crippen molar-refractivity contribution >= 4 is 17.6 Å². The Morgan fingerprint density at radius 1 is 1.13 bits per heavy atom. The number of ether oxygens (including phenoxy) is 1. The molecule has 7 nitrogen and oxygen atoms in total. The Kier molecular flexibility index (Phi) is 6.89. The molecule has 4 rings (SSSR count). The molecule has 2 aliphatic carbocycles. The van der Waals surface area contributed by atoms with Gasteiger partial charge in [0.05, 0.1) is 13.2 Å². The molecular formula is C23H34N4O3. The molecule has 3 N–H and O–H groups in total. The van der Waals surface area contributed by atoms with Crippen molar-refractivity contribution < 1.29 is 14.3 Å². The molecule has 2 bridgehead atoms. The first kappa shape index (κ1) is 21.1. The maximum Gasteiger partial charge on any atom is 0.319 e. The molecule has 1 heterocycles. The van der Waals surface area contributed by atoms with Gasteiger partial charge in [0.15, 0.2) is 0 Å². The number of carbonyl (C=O) groups excluding carboxylic acids is 2. The maximum absolute atomic E-state index is 12.4. The molecule has 164 valence electrons. The lowest BCUT2D eigenvalue weighted by atomic mass is 9.84. The fraction of sp³-hybridized carbons (Fsp3) is 0.652. The summed E-state index contributed by atoms with van der Waals surface area (Å²) in [5, 5.41) is 8.96. The van der Waals surface area contributed by atoms with Crippen molar-refractivity contribution in [2.45, 2.75) is 38.6 Å². The van der Waals surface area contributed by atoms with E-state index in [1.54, 1.807) is 24.3 Å². The Labute approximate surface area is 178 Å². The van der Waals surface area contributed by atoms with Gasteiger partial charge in [-0.15, -0.1) is 0 Å². The number of benzene rings is 1. The number of urea groups is 1. The van der Waals surface area contributed by atoms with Crippen molar-refractivity contribution in [3.05, 3.63) is 29.8 Å². The van der Waals surface area contributed by atoms with E-state index >= 15 is 0 Å². The lowest BCUT2D eigenvalue weighted by Gasteiger charge is -2.28. The molecule has 1 aromatic carbocycles. The molecule has 0 aromatic heterocycles. The van der Waals surface area contributed by atoms with Crippen LogP contribution in [0.3, 0.4) is 0 Å². The largest absolute Gasteiger partial charge is 0.379 e. The van der Waals surface area contributed by atoms with Crippen LogP contribution < -0.4 is 16.0 Å². The highest BCUT2D eigenvalue weighted by atomic mass is 16.5. The van der Waals surface area contributed by atoms with Crippen LogP contribution in [0.25, 0.3) is 0 Å². The zero-order chi connectivity index (χ0) is 20.9. The molecule has 3 amide bonds. The molecule has 2 saturated carbocycles. The van der Waals surface area contributed by atoms with Crippen molar-refractivity contribution in [2.24, 2.45) is 17.8 Å². The summed E-state index contributed by atoms with van der Waals surface area (Å²) < 4.78 is 5.33. The summed E-state index contributed by atoms with van der Waals surface area (Å²) in [7, 11) is 0. The normalized spacial score (nSPS) is 26.9. The number of fused-ring (bicyclic) bond motifs is 2. The van der Waals surface area contributed by atoms with Gasteiger partial charge in [-0.05, 0) is 68.2 Å². The quantitative estimate of drug-likeness (QED) is 0.641. The highest BCUT2D eigenvalue weighted by Crippen LogP contribution is 2.49. The van der Waals surface area contributed by atoms with Gasteiger partial charge in [-0.2, -0.15) is 0 Å². The monoisotopic (exact) mass is 414 g/mol. The van der Waals surface area contributed by atoms with E-state index < -0.39 is 0 Å². The number of morpholine rings is 1. The van der Waals surface area contributed by atoms with E-state index in [0.29, 0.717) is 23.7 Å². The van der Waals surface area contributed by atoms with Gasteiger partial charge in [0.1, 0.15) is 0 Å². The Morgan fingerprint density at radius 2 is 1.90 bits per heavy atom. The third-order valence-electron chi connectivity index (χ3n) is 7.02. The van der Waals surface area contributed by atoms with Gasteiger partial charge < -0.3 is 20.7 Å². The average Bonchev–Trinajstić information content (AvgIpc) is 3.39. The molecule has 7 heteroatoms. The number of rotatable bonds is 7. The van der Waals surface area contributed by atoms with E-state index in [4.69, 9.17) is 4.74 Å². The van der Waals surface area contributed by atoms with Crippen molar-refractivity contribution in [1.82, 2.24) is 15.5 Å². The van der Waals surface area contributed by atoms with Crippen LogP contribution in [-0.4, -0.2) is 62.3 Å². The summed E-state index contributed by atoms with van der Waals surface area (Å²) >= 11 is 0. The number of hydrogen-bond donors (Lipinski definition) is 3. The summed E-state index contributed by atoms with van der Waals surface area (Å²) in [6.45, 7) is 6.91. The zero-order valence-electron chi connectivity index (χ0n) is 17.9. The van der Waals surface area contributed by atoms with Crippen LogP contribution in [0, 0.1) is 17.8 Å². The molecule has 4 unspecified atom stereocenters. The Morgan fingerprint density at radius 3 is 2.57 bits per heavy atom. The van der Waals surface area contributed by atoms with Crippen LogP contribution >= 0.6 is 0 Å². The molecule has 1 aromatic rings. The van der Waals surface area contributed by atoms with Crippen LogP contribution in [0.1, 0.15) is 43.0 Å². The summed E-state index contributed by atoms with van der Waals surface area (Å²) in [5.41, 5.74) is 1.29. The zero-order valence-corrected chi connectivity index (χ0v) is 17.9. The fourth-order valence-electron chi connectivity index (χ4n) is 5.35. The third-order valence-corrected chi connectivity index (χ3v) is 7.02. The highest BCUT2D eigenvalue weighted by molar-refractivity contribution is 5.95. The number of amides is 3. The molecule has 0 spiro atoms. The van der Waals surface area contributed by atoms with E-state index in [1.165, 1.54) is 25.7 Å². The topological polar surface area (TPSA) is 82.7 Å². The second-order valence-electron chi connectivity index (χ2n) is 9.01. The summed E-state index contributed by atoms with van der Waals surface area (Å²) in [4.78, 5) is 27.0. The van der Waals surface area contributed by atoms with Crippen LogP contribution in [0.2, 0.25) is 0 Å². The minimum absolute atomic E-state index is 0.0934. The molecule has 3 fully saturated rings. The Bertz CT molecular complexity index is 732. The molecule has 30 heavy (non-hydrogen) atoms. The number of carbonyl (C=O) groups is 2. The third kappa shape index (κ3) is 5.32. The van der Waals surface area contributed by atoms with E-state index in [0.717, 1.165) is 44.7 Å². The maximum atomic E-state index is 12.4. The fourth-order valence-corrected chi connectivity index (χ4v) is 5.35. The van der Waals surface area contributed by atoms with Gasteiger partial charge in [-0.3, -0.25) is 9.69 Å². The number of nitrogens with zero attached hydrogens (tertiary/aromatic N) is 1. The van der Waals surface area contributed by atoms with Gasteiger partial charge >= 0.3 is 6.03 Å². The minimum atomic E-state index is -0.173. The van der Waals surface area contributed by atoms with E-state index in [-0.39, 0.29) is 18.0 Å². The molecule has 1 saturated heterocycles. The van der Waals surface area contributed by atoms with Gasteiger partial charge in [-0.1, -0.05) is 6.42 Å². The van der Waals surface area contributed by atoms with Crippen molar-refractivity contribution in [3.8, 4) is 0 Å². The number of nitrogens with one attached hydrogen (secondary N) is 3. The van der Waals surface area contributed by atoms with Gasteiger partial charge in [-0.25, -0.2) is 4.79 Å². The second kappa shape index (κ2) is 9.79. The predicted molar refractivity (Wildman–Crippen MR) is 117 cm³/mol. The minimum Gasteiger partial charge on any atom is -0.379 e. The molecule has 4 atom stereocenters. The van der Waals surface area contributed by atoms with Gasteiger partial charge in [0.25, 0.3) is 5.91 Å². The van der Waals surface area contributed by atoms with Crippen molar-refractivity contribution in [2.75, 3.05) is 44.7 Å². The first-order valence-electron chi connectivity index (χ1n) is 11.3. The molecule has 0 radical (unpaired) electrons. The van der Waals surface area contributed by atoms with Gasteiger partial charge in [0.2, 0.25) is 0 Å². The lowest BCUT2D eigenvalue weighted by molar-refractivity contribution is 0.0383. The van der Waals surface area contributed by atoms with Crippen LogP contribution in [0.15, 0.2) is 24.3 Å². The van der Waals surface area contributed by atoms with Crippen LogP contribution in [-0.2, 0) is 4.74 Å². The molecule has 1 aliphatic heterocycles. The SMILES string of the molecule is CC(NC(=O)Nc1ccc(C(=O)NCCN2CCOCC2)cc1)C1CC2CCC1C2. The van der Waals surface area contributed by atoms with Crippen molar-refractivity contribution in [1.29, 1.82) is 0 Å². The Balaban J connectivity index is 1.19. The lowest BCUT2D eigenvalue weighted by Crippen LogP contribution is -2.42. The van der Waals surface area contributed by atoms with Crippen LogP contribution in [0.4, 0.5) is 10.5 Å². The summed E-state index contributed by atoms with van der Waals surface area (Å²) in [6.07, 6.45) is 5.28. The summed E-state index contributed by atoms with van der Waals surface area (Å²) in [6, 6.07) is 7.07. The first-order valence-corrected chi connectivity index (χ1v) is 11.3. The van der Waals surface area contributed by atoms with E-state index in [9.17, 15) is 9.59 Å². The van der Waals surface area contributed by atoms with E-state index in [2.05, 4.69) is 27.8 Å². The Hall–Kier alpha value is -2.12. The van der Waals surface area contributed by atoms with Crippen molar-refractivity contribution in [3.63, 3.8) is 0 Å². The average molecular weight is 415 g/mol. The highest BCUT2D eigenvalue weighted by Gasteiger charge is 2.42. The molecular weight excluding hydrogens is 380 g/mol. The predicted octanol–water partition coefficient (Wildman–Crippen LogP) is 2.69. The first-order chi connectivity index (χ1) is 14.6. The van der Waals surface area contributed by atoms with Crippen LogP contribution in [0.5, 0.6) is 0 Å². The molecule has 3 aliphatic rings. The second-order valence-corrected chi connectivity index (χ2v) is 9.01. The summed E-state index contributed by atoms with van der Waals surface area (Å²) in [5.74, 6) is 2.17. The standard InChI is InChI=1S/C23H34N4O3/c1-16(21-15-17-2-3-19(21)14-17)25-23(29)26-20-6-4-18(5-7-20)22(28)24-8-9-27-10-12-30-13-11-27/h4-7,16-17,19,21H,2-3,8-15H2,1H3,(H,24,28)(H2,25,26,29). The number of anilines is 1. The van der Waals surface area contributed by atoms with E-state index in [1.807, 2.05) is 0 Å².